The van der Waals surface area contributed by atoms with Crippen LogP contribution in [0.15, 0.2) is 146 Å². The van der Waals surface area contributed by atoms with Crippen molar-refractivity contribution in [1.82, 2.24) is 0 Å². The van der Waals surface area contributed by atoms with Crippen molar-refractivity contribution in [3.63, 3.8) is 0 Å². The second-order valence-electron chi connectivity index (χ2n) is 9.09. The Morgan fingerprint density at radius 3 is 1.29 bits per heavy atom. The van der Waals surface area contributed by atoms with Gasteiger partial charge in [-0.3, -0.25) is 0 Å². The van der Waals surface area contributed by atoms with E-state index in [9.17, 15) is 0 Å². The molecular weight excluding hydrogens is 458 g/mol. The Bertz CT molecular complexity index is 1460. The van der Waals surface area contributed by atoms with Gasteiger partial charge in [0, 0.05) is 6.16 Å². The van der Waals surface area contributed by atoms with Gasteiger partial charge in [-0.2, -0.15) is 0 Å². The average molecular weight is 487 g/mol. The zero-order valence-corrected chi connectivity index (χ0v) is 21.4. The Morgan fingerprint density at radius 2 is 0.800 bits per heavy atom. The number of fused-ring (bicyclic) bond motifs is 1. The van der Waals surface area contributed by atoms with E-state index < -0.39 is 13.8 Å². The fourth-order valence-electron chi connectivity index (χ4n) is 5.31. The molecular formula is C33H28P2. The number of rotatable bonds is 4. The summed E-state index contributed by atoms with van der Waals surface area (Å²) in [5, 5.41) is 5.73. The van der Waals surface area contributed by atoms with Crippen LogP contribution in [0.25, 0.3) is 0 Å². The highest BCUT2D eigenvalue weighted by Gasteiger charge is 2.32. The number of hydrogen-bond donors (Lipinski definition) is 0. The van der Waals surface area contributed by atoms with Gasteiger partial charge in [0.2, 0.25) is 0 Å². The molecule has 0 unspecified atom stereocenters. The predicted octanol–water partition coefficient (Wildman–Crippen LogP) is 6.45. The molecule has 5 aromatic carbocycles. The van der Waals surface area contributed by atoms with Gasteiger partial charge in [0.05, 0.1) is 0 Å². The Kier molecular flexibility index (Phi) is 5.95. The molecule has 2 heteroatoms. The fourth-order valence-corrected chi connectivity index (χ4v) is 16.0. The Morgan fingerprint density at radius 1 is 0.400 bits per heavy atom. The molecule has 0 fully saturated rings. The van der Waals surface area contributed by atoms with Gasteiger partial charge in [0.15, 0.2) is 0 Å². The molecule has 0 amide bonds. The molecule has 0 aliphatic carbocycles. The highest BCUT2D eigenvalue weighted by Crippen LogP contribution is 2.59. The highest BCUT2D eigenvalue weighted by atomic mass is 31.2. The Labute approximate surface area is 208 Å². The summed E-state index contributed by atoms with van der Waals surface area (Å²) < 4.78 is 0. The lowest BCUT2D eigenvalue weighted by Crippen LogP contribution is -2.24. The summed E-state index contributed by atoms with van der Waals surface area (Å²) in [6.07, 6.45) is 1.04. The van der Waals surface area contributed by atoms with E-state index in [2.05, 4.69) is 157 Å². The lowest BCUT2D eigenvalue weighted by atomic mass is 10.1. The normalized spacial score (nSPS) is 15.7. The van der Waals surface area contributed by atoms with E-state index in [0.29, 0.717) is 0 Å². The SMILES string of the molecule is C1=P(c2ccccc2)(c2ccccc2)C=P(c2ccccc2)(c2ccccc2)Cc2ccccc21. The summed E-state index contributed by atoms with van der Waals surface area (Å²) in [6.45, 7) is -3.95. The molecule has 1 aliphatic heterocycles. The second kappa shape index (κ2) is 9.39. The van der Waals surface area contributed by atoms with Crippen molar-refractivity contribution in [2.45, 2.75) is 6.16 Å². The quantitative estimate of drug-likeness (QED) is 0.256. The fraction of sp³-hybridized carbons (Fsp3) is 0.0303. The van der Waals surface area contributed by atoms with Crippen molar-refractivity contribution in [3.8, 4) is 0 Å². The molecule has 0 radical (unpaired) electrons. The van der Waals surface area contributed by atoms with Gasteiger partial charge in [-0.1, -0.05) is 146 Å². The molecule has 0 N–H and O–H groups in total. The van der Waals surface area contributed by atoms with Gasteiger partial charge >= 0.3 is 0 Å². The Hall–Kier alpha value is -3.30. The van der Waals surface area contributed by atoms with E-state index in [0.717, 1.165) is 6.16 Å². The molecule has 0 saturated carbocycles. The smallest absolute Gasteiger partial charge is 0.000755 e. The summed E-state index contributed by atoms with van der Waals surface area (Å²) in [4.78, 5) is 0. The predicted molar refractivity (Wildman–Crippen MR) is 160 cm³/mol. The maximum absolute atomic E-state index is 2.84. The molecule has 35 heavy (non-hydrogen) atoms. The van der Waals surface area contributed by atoms with Crippen LogP contribution in [-0.2, 0) is 6.16 Å². The van der Waals surface area contributed by atoms with Gasteiger partial charge in [-0.15, -0.1) is 0 Å². The summed E-state index contributed by atoms with van der Waals surface area (Å²) in [5.74, 6) is 2.63. The van der Waals surface area contributed by atoms with Gasteiger partial charge in [-0.25, -0.2) is 0 Å². The first-order valence-electron chi connectivity index (χ1n) is 12.1. The molecule has 6 rings (SSSR count). The standard InChI is InChI=1S/C33H28P2/c1-5-17-30(18-6-1)34(31-19-7-2-8-20-31)25-28-15-13-14-16-29(28)26-35(27-34,32-21-9-3-10-22-32)33-23-11-4-12-24-33/h1-25,27H,26H2. The molecule has 1 heterocycles. The lowest BCUT2D eigenvalue weighted by Gasteiger charge is -2.32. The molecule has 5 aromatic rings. The average Bonchev–Trinajstić information content (AvgIpc) is 3.11. The number of hydrogen-bond acceptors (Lipinski definition) is 0. The molecule has 0 spiro atoms. The molecule has 170 valence electrons. The molecule has 0 bridgehead atoms. The summed E-state index contributed by atoms with van der Waals surface area (Å²) in [5.41, 5.74) is 5.66. The second-order valence-corrected chi connectivity index (χ2v) is 15.9. The Balaban J connectivity index is 1.85. The molecule has 0 aromatic heterocycles. The minimum Gasteiger partial charge on any atom is -0.0622 e. The minimum atomic E-state index is -2.02. The van der Waals surface area contributed by atoms with E-state index in [1.165, 1.54) is 32.3 Å². The largest absolute Gasteiger partial charge is 0.0622 e. The monoisotopic (exact) mass is 486 g/mol. The van der Waals surface area contributed by atoms with Gasteiger partial charge in [0.25, 0.3) is 0 Å². The molecule has 1 aliphatic rings. The first kappa shape index (κ1) is 22.2. The van der Waals surface area contributed by atoms with Gasteiger partial charge in [-0.05, 0) is 57.5 Å². The van der Waals surface area contributed by atoms with Crippen LogP contribution < -0.4 is 21.2 Å². The third-order valence-electron chi connectivity index (χ3n) is 7.00. The summed E-state index contributed by atoms with van der Waals surface area (Å²) >= 11 is 0. The first-order valence-corrected chi connectivity index (χ1v) is 16.1. The number of benzene rings is 5. The zero-order chi connectivity index (χ0) is 23.6. The first-order chi connectivity index (χ1) is 17.3. The van der Waals surface area contributed by atoms with Crippen LogP contribution >= 0.6 is 13.8 Å². The summed E-state index contributed by atoms with van der Waals surface area (Å²) in [6, 6.07) is 54.0. The van der Waals surface area contributed by atoms with E-state index >= 15 is 0 Å². The van der Waals surface area contributed by atoms with Crippen LogP contribution in [0, 0.1) is 0 Å². The third-order valence-corrected chi connectivity index (χ3v) is 16.3. The van der Waals surface area contributed by atoms with Crippen LogP contribution in [-0.4, -0.2) is 11.3 Å². The highest BCUT2D eigenvalue weighted by molar-refractivity contribution is 8.12. The van der Waals surface area contributed by atoms with Crippen LogP contribution in [0.3, 0.4) is 0 Å². The summed E-state index contributed by atoms with van der Waals surface area (Å²) in [7, 11) is 0. The van der Waals surface area contributed by atoms with Crippen molar-refractivity contribution >= 4 is 46.3 Å². The molecule has 0 saturated heterocycles. The topological polar surface area (TPSA) is 0 Å². The van der Waals surface area contributed by atoms with E-state index in [1.54, 1.807) is 0 Å². The van der Waals surface area contributed by atoms with E-state index in [4.69, 9.17) is 0 Å². The van der Waals surface area contributed by atoms with Crippen molar-refractivity contribution in [2.75, 3.05) is 0 Å². The van der Waals surface area contributed by atoms with Crippen molar-refractivity contribution in [1.29, 1.82) is 0 Å². The minimum absolute atomic E-state index is 1.04. The van der Waals surface area contributed by atoms with Crippen LogP contribution in [0.2, 0.25) is 0 Å². The maximum Gasteiger partial charge on any atom is 0.000755 e. The van der Waals surface area contributed by atoms with Crippen molar-refractivity contribution in [2.24, 2.45) is 0 Å². The van der Waals surface area contributed by atoms with E-state index in [1.807, 2.05) is 0 Å². The van der Waals surface area contributed by atoms with Crippen LogP contribution in [0.1, 0.15) is 11.1 Å². The van der Waals surface area contributed by atoms with Gasteiger partial charge < -0.3 is 0 Å². The molecule has 0 atom stereocenters. The third kappa shape index (κ3) is 3.98. The van der Waals surface area contributed by atoms with Crippen molar-refractivity contribution < 1.29 is 0 Å². The lowest BCUT2D eigenvalue weighted by molar-refractivity contribution is 1.39. The van der Waals surface area contributed by atoms with Crippen LogP contribution in [0.4, 0.5) is 0 Å². The maximum atomic E-state index is 2.84. The van der Waals surface area contributed by atoms with Crippen molar-refractivity contribution in [3.05, 3.63) is 157 Å². The van der Waals surface area contributed by atoms with Crippen LogP contribution in [0.5, 0.6) is 0 Å². The van der Waals surface area contributed by atoms with E-state index in [-0.39, 0.29) is 0 Å². The van der Waals surface area contributed by atoms with Gasteiger partial charge in [0.1, 0.15) is 0 Å². The molecule has 0 nitrogen and oxygen atoms in total. The zero-order valence-electron chi connectivity index (χ0n) is 19.6.